The fourth-order valence-electron chi connectivity index (χ4n) is 2.50. The van der Waals surface area contributed by atoms with Crippen molar-refractivity contribution in [1.82, 2.24) is 4.31 Å². The van der Waals surface area contributed by atoms with E-state index in [-0.39, 0.29) is 6.10 Å². The molecule has 112 valence electrons. The normalized spacial score (nSPS) is 23.8. The molecule has 1 heterocycles. The van der Waals surface area contributed by atoms with Crippen molar-refractivity contribution < 1.29 is 13.2 Å². The molecular formula is C14H20BrNO3S. The van der Waals surface area contributed by atoms with Crippen LogP contribution in [0.15, 0.2) is 27.6 Å². The van der Waals surface area contributed by atoms with E-state index in [1.54, 1.807) is 18.2 Å². The van der Waals surface area contributed by atoms with Gasteiger partial charge in [-0.15, -0.1) is 0 Å². The first-order valence-corrected chi connectivity index (χ1v) is 8.79. The van der Waals surface area contributed by atoms with Gasteiger partial charge in [-0.2, -0.15) is 4.31 Å². The topological polar surface area (TPSA) is 46.6 Å². The summed E-state index contributed by atoms with van der Waals surface area (Å²) in [6.07, 6.45) is -0.106. The summed E-state index contributed by atoms with van der Waals surface area (Å²) in [6.45, 7) is 8.37. The lowest BCUT2D eigenvalue weighted by molar-refractivity contribution is -0.109. The molecule has 0 radical (unpaired) electrons. The molecule has 1 unspecified atom stereocenters. The third kappa shape index (κ3) is 3.24. The van der Waals surface area contributed by atoms with Crippen molar-refractivity contribution in [1.29, 1.82) is 0 Å². The molecule has 6 heteroatoms. The van der Waals surface area contributed by atoms with Gasteiger partial charge in [0.15, 0.2) is 0 Å². The second kappa shape index (κ2) is 5.40. The Bertz CT molecular complexity index is 613. The number of ether oxygens (including phenoxy) is 1. The Kier molecular flexibility index (Phi) is 4.31. The lowest BCUT2D eigenvalue weighted by Crippen LogP contribution is -2.53. The van der Waals surface area contributed by atoms with Crippen LogP contribution in [0.4, 0.5) is 0 Å². The van der Waals surface area contributed by atoms with E-state index in [1.807, 2.05) is 27.7 Å². The smallest absolute Gasteiger partial charge is 0.243 e. The number of sulfonamides is 1. The molecule has 0 saturated carbocycles. The van der Waals surface area contributed by atoms with Crippen LogP contribution in [0.2, 0.25) is 0 Å². The highest BCUT2D eigenvalue weighted by Crippen LogP contribution is 2.28. The van der Waals surface area contributed by atoms with Crippen molar-refractivity contribution in [3.63, 3.8) is 0 Å². The van der Waals surface area contributed by atoms with Gasteiger partial charge in [-0.3, -0.25) is 0 Å². The van der Waals surface area contributed by atoms with E-state index in [4.69, 9.17) is 4.74 Å². The Morgan fingerprint density at radius 2 is 2.05 bits per heavy atom. The first-order chi connectivity index (χ1) is 9.12. The molecule has 0 aliphatic carbocycles. The fourth-order valence-corrected chi connectivity index (χ4v) is 4.50. The molecular weight excluding hydrogens is 342 g/mol. The Balaban J connectivity index is 2.36. The second-order valence-electron chi connectivity index (χ2n) is 5.90. The number of hydrogen-bond donors (Lipinski definition) is 0. The van der Waals surface area contributed by atoms with Gasteiger partial charge in [-0.25, -0.2) is 8.42 Å². The molecule has 1 aromatic carbocycles. The zero-order valence-electron chi connectivity index (χ0n) is 12.2. The third-order valence-electron chi connectivity index (χ3n) is 3.31. The van der Waals surface area contributed by atoms with Crippen molar-refractivity contribution in [2.24, 2.45) is 0 Å². The van der Waals surface area contributed by atoms with Crippen LogP contribution in [-0.2, 0) is 14.8 Å². The van der Waals surface area contributed by atoms with Gasteiger partial charge in [0, 0.05) is 17.6 Å². The zero-order chi connectivity index (χ0) is 15.1. The van der Waals surface area contributed by atoms with Crippen molar-refractivity contribution in [2.75, 3.05) is 13.1 Å². The largest absolute Gasteiger partial charge is 0.370 e. The average Bonchev–Trinajstić information content (AvgIpc) is 2.30. The fraction of sp³-hybridized carbons (Fsp3) is 0.571. The summed E-state index contributed by atoms with van der Waals surface area (Å²) in [5.74, 6) is 0. The number of rotatable bonds is 2. The maximum atomic E-state index is 12.7. The summed E-state index contributed by atoms with van der Waals surface area (Å²) in [7, 11) is -3.47. The molecule has 2 rings (SSSR count). The van der Waals surface area contributed by atoms with E-state index in [0.717, 1.165) is 10.0 Å². The van der Waals surface area contributed by atoms with Crippen LogP contribution in [0, 0.1) is 6.92 Å². The molecule has 20 heavy (non-hydrogen) atoms. The van der Waals surface area contributed by atoms with E-state index in [0.29, 0.717) is 18.0 Å². The number of benzene rings is 1. The maximum absolute atomic E-state index is 12.7. The summed E-state index contributed by atoms with van der Waals surface area (Å²) in [5.41, 5.74) is 0.446. The molecule has 1 aromatic rings. The molecule has 0 bridgehead atoms. The van der Waals surface area contributed by atoms with Gasteiger partial charge in [0.25, 0.3) is 0 Å². The van der Waals surface area contributed by atoms with E-state index < -0.39 is 15.6 Å². The molecule has 1 saturated heterocycles. The molecule has 1 fully saturated rings. The zero-order valence-corrected chi connectivity index (χ0v) is 14.6. The van der Waals surface area contributed by atoms with Crippen molar-refractivity contribution in [2.45, 2.75) is 44.3 Å². The standard InChI is InChI=1S/C14H20BrNO3S/c1-10-7-12(5-6-13(10)15)20(17,18)16-8-11(2)19-14(3,4)9-16/h5-7,11H,8-9H2,1-4H3. The summed E-state index contributed by atoms with van der Waals surface area (Å²) >= 11 is 3.39. The van der Waals surface area contributed by atoms with Gasteiger partial charge < -0.3 is 4.74 Å². The van der Waals surface area contributed by atoms with Crippen LogP contribution in [0.25, 0.3) is 0 Å². The highest BCUT2D eigenvalue weighted by Gasteiger charge is 2.37. The van der Waals surface area contributed by atoms with Crippen LogP contribution in [0.1, 0.15) is 26.3 Å². The lowest BCUT2D eigenvalue weighted by atomic mass is 10.1. The molecule has 1 aliphatic heterocycles. The van der Waals surface area contributed by atoms with E-state index in [2.05, 4.69) is 15.9 Å². The SMILES string of the molecule is Cc1cc(S(=O)(=O)N2CC(C)OC(C)(C)C2)ccc1Br. The summed E-state index contributed by atoms with van der Waals surface area (Å²) in [6, 6.07) is 5.11. The lowest BCUT2D eigenvalue weighted by Gasteiger charge is -2.40. The molecule has 0 aromatic heterocycles. The summed E-state index contributed by atoms with van der Waals surface area (Å²) in [5, 5.41) is 0. The van der Waals surface area contributed by atoms with Gasteiger partial charge in [-0.05, 0) is 51.5 Å². The Morgan fingerprint density at radius 3 is 2.60 bits per heavy atom. The number of nitrogens with zero attached hydrogens (tertiary/aromatic N) is 1. The van der Waals surface area contributed by atoms with Gasteiger partial charge in [0.2, 0.25) is 10.0 Å². The predicted octanol–water partition coefficient (Wildman–Crippen LogP) is 2.95. The number of morpholine rings is 1. The van der Waals surface area contributed by atoms with Crippen LogP contribution in [-0.4, -0.2) is 37.5 Å². The summed E-state index contributed by atoms with van der Waals surface area (Å²) in [4.78, 5) is 0.336. The molecule has 0 amide bonds. The number of hydrogen-bond acceptors (Lipinski definition) is 3. The van der Waals surface area contributed by atoms with Crippen LogP contribution in [0.3, 0.4) is 0 Å². The van der Waals surface area contributed by atoms with Crippen LogP contribution >= 0.6 is 15.9 Å². The van der Waals surface area contributed by atoms with Gasteiger partial charge in [0.1, 0.15) is 0 Å². The van der Waals surface area contributed by atoms with E-state index in [1.165, 1.54) is 4.31 Å². The van der Waals surface area contributed by atoms with Crippen molar-refractivity contribution in [3.05, 3.63) is 28.2 Å². The van der Waals surface area contributed by atoms with Crippen LogP contribution in [0.5, 0.6) is 0 Å². The van der Waals surface area contributed by atoms with Crippen molar-refractivity contribution >= 4 is 26.0 Å². The first-order valence-electron chi connectivity index (χ1n) is 6.56. The highest BCUT2D eigenvalue weighted by atomic mass is 79.9. The van der Waals surface area contributed by atoms with E-state index >= 15 is 0 Å². The van der Waals surface area contributed by atoms with Gasteiger partial charge in [0.05, 0.1) is 16.6 Å². The van der Waals surface area contributed by atoms with Gasteiger partial charge >= 0.3 is 0 Å². The molecule has 0 spiro atoms. The Labute approximate surface area is 129 Å². The minimum Gasteiger partial charge on any atom is -0.370 e. The molecule has 1 atom stereocenters. The number of halogens is 1. The quantitative estimate of drug-likeness (QED) is 0.813. The van der Waals surface area contributed by atoms with E-state index in [9.17, 15) is 8.42 Å². The minimum absolute atomic E-state index is 0.106. The third-order valence-corrected chi connectivity index (χ3v) is 6.00. The Morgan fingerprint density at radius 1 is 1.40 bits per heavy atom. The number of aryl methyl sites for hydroxylation is 1. The molecule has 4 nitrogen and oxygen atoms in total. The monoisotopic (exact) mass is 361 g/mol. The summed E-state index contributed by atoms with van der Waals surface area (Å²) < 4.78 is 33.7. The maximum Gasteiger partial charge on any atom is 0.243 e. The predicted molar refractivity (Wildman–Crippen MR) is 82.3 cm³/mol. The highest BCUT2D eigenvalue weighted by molar-refractivity contribution is 9.10. The first kappa shape index (κ1) is 15.9. The van der Waals surface area contributed by atoms with Crippen LogP contribution < -0.4 is 0 Å². The minimum atomic E-state index is -3.47. The van der Waals surface area contributed by atoms with Gasteiger partial charge in [-0.1, -0.05) is 15.9 Å². The average molecular weight is 362 g/mol. The Hall–Kier alpha value is -0.430. The molecule has 1 aliphatic rings. The second-order valence-corrected chi connectivity index (χ2v) is 8.69. The molecule has 0 N–H and O–H groups in total. The van der Waals surface area contributed by atoms with Crippen molar-refractivity contribution in [3.8, 4) is 0 Å².